The van der Waals surface area contributed by atoms with Crippen molar-refractivity contribution in [3.63, 3.8) is 0 Å². The summed E-state index contributed by atoms with van der Waals surface area (Å²) in [5, 5.41) is 2.41. The molecule has 0 aliphatic heterocycles. The molecule has 0 saturated heterocycles. The van der Waals surface area contributed by atoms with E-state index in [0.717, 1.165) is 12.1 Å². The number of carbonyl (C=O) groups excluding carboxylic acids is 3. The summed E-state index contributed by atoms with van der Waals surface area (Å²) in [7, 11) is 0. The SMILES string of the molecule is CC(C)COC(=O)NCCC(=O)OCC(=O)c1ccc(F)cc1. The molecule has 0 aromatic heterocycles. The molecule has 0 bridgehead atoms. The molecule has 0 atom stereocenters. The highest BCUT2D eigenvalue weighted by Gasteiger charge is 2.11. The number of nitrogens with one attached hydrogen (secondary N) is 1. The zero-order valence-electron chi connectivity index (χ0n) is 13.1. The van der Waals surface area contributed by atoms with Crippen LogP contribution in [0.15, 0.2) is 24.3 Å². The topological polar surface area (TPSA) is 81.7 Å². The van der Waals surface area contributed by atoms with Crippen molar-refractivity contribution in [2.75, 3.05) is 19.8 Å². The Hall–Kier alpha value is -2.44. The Kier molecular flexibility index (Phi) is 7.73. The maximum atomic E-state index is 12.7. The third-order valence-electron chi connectivity index (χ3n) is 2.68. The van der Waals surface area contributed by atoms with Crippen LogP contribution in [0.4, 0.5) is 9.18 Å². The molecule has 0 saturated carbocycles. The summed E-state index contributed by atoms with van der Waals surface area (Å²) < 4.78 is 22.4. The van der Waals surface area contributed by atoms with Crippen LogP contribution in [0.3, 0.4) is 0 Å². The number of alkyl carbamates (subject to hydrolysis) is 1. The largest absolute Gasteiger partial charge is 0.457 e. The lowest BCUT2D eigenvalue weighted by Gasteiger charge is -2.08. The average Bonchev–Trinajstić information content (AvgIpc) is 2.51. The maximum absolute atomic E-state index is 12.7. The first-order valence-corrected chi connectivity index (χ1v) is 7.23. The van der Waals surface area contributed by atoms with E-state index in [2.05, 4.69) is 5.32 Å². The van der Waals surface area contributed by atoms with Gasteiger partial charge in [0.2, 0.25) is 0 Å². The molecule has 0 fully saturated rings. The second-order valence-corrected chi connectivity index (χ2v) is 5.26. The number of benzene rings is 1. The van der Waals surface area contributed by atoms with Crippen LogP contribution in [-0.4, -0.2) is 37.6 Å². The number of halogens is 1. The third kappa shape index (κ3) is 7.94. The number of hydrogen-bond donors (Lipinski definition) is 1. The molecule has 0 aliphatic rings. The zero-order valence-corrected chi connectivity index (χ0v) is 13.1. The Morgan fingerprint density at radius 2 is 1.78 bits per heavy atom. The smallest absolute Gasteiger partial charge is 0.407 e. The Morgan fingerprint density at radius 3 is 2.39 bits per heavy atom. The zero-order chi connectivity index (χ0) is 17.2. The van der Waals surface area contributed by atoms with E-state index in [1.54, 1.807) is 0 Å². The van der Waals surface area contributed by atoms with E-state index in [9.17, 15) is 18.8 Å². The van der Waals surface area contributed by atoms with E-state index in [1.165, 1.54) is 12.1 Å². The first kappa shape index (κ1) is 18.6. The molecule has 1 N–H and O–H groups in total. The highest BCUT2D eigenvalue weighted by molar-refractivity contribution is 5.97. The van der Waals surface area contributed by atoms with Gasteiger partial charge in [0.05, 0.1) is 13.0 Å². The average molecular weight is 325 g/mol. The Morgan fingerprint density at radius 1 is 1.13 bits per heavy atom. The normalized spacial score (nSPS) is 10.3. The van der Waals surface area contributed by atoms with Crippen molar-refractivity contribution in [3.05, 3.63) is 35.6 Å². The highest BCUT2D eigenvalue weighted by atomic mass is 19.1. The molecular weight excluding hydrogens is 305 g/mol. The van der Waals surface area contributed by atoms with Gasteiger partial charge in [-0.25, -0.2) is 9.18 Å². The lowest BCUT2D eigenvalue weighted by molar-refractivity contribution is -0.142. The van der Waals surface area contributed by atoms with E-state index in [0.29, 0.717) is 6.61 Å². The van der Waals surface area contributed by atoms with Gasteiger partial charge in [-0.3, -0.25) is 9.59 Å². The Balaban J connectivity index is 2.20. The molecule has 0 heterocycles. The predicted molar refractivity (Wildman–Crippen MR) is 80.5 cm³/mol. The van der Waals surface area contributed by atoms with Gasteiger partial charge in [0.15, 0.2) is 12.4 Å². The molecule has 0 spiro atoms. The van der Waals surface area contributed by atoms with Gasteiger partial charge in [0.25, 0.3) is 0 Å². The van der Waals surface area contributed by atoms with Crippen LogP contribution in [0.5, 0.6) is 0 Å². The van der Waals surface area contributed by atoms with Gasteiger partial charge < -0.3 is 14.8 Å². The molecule has 126 valence electrons. The molecule has 6 nitrogen and oxygen atoms in total. The standard InChI is InChI=1S/C16H20FNO5/c1-11(2)9-23-16(21)18-8-7-15(20)22-10-14(19)12-3-5-13(17)6-4-12/h3-6,11H,7-10H2,1-2H3,(H,18,21). The van der Waals surface area contributed by atoms with Gasteiger partial charge in [-0.05, 0) is 30.2 Å². The lowest BCUT2D eigenvalue weighted by atomic mass is 10.1. The Labute approximate surface area is 134 Å². The quantitative estimate of drug-likeness (QED) is 0.586. The minimum atomic E-state index is -0.621. The van der Waals surface area contributed by atoms with Gasteiger partial charge in [0, 0.05) is 12.1 Å². The summed E-state index contributed by atoms with van der Waals surface area (Å²) in [6.45, 7) is 3.73. The van der Waals surface area contributed by atoms with Gasteiger partial charge in [-0.2, -0.15) is 0 Å². The minimum Gasteiger partial charge on any atom is -0.457 e. The van der Waals surface area contributed by atoms with Crippen molar-refractivity contribution in [3.8, 4) is 0 Å². The van der Waals surface area contributed by atoms with E-state index in [1.807, 2.05) is 13.8 Å². The predicted octanol–water partition coefficient (Wildman–Crippen LogP) is 2.32. The summed E-state index contributed by atoms with van der Waals surface area (Å²) in [5.74, 6) is -1.27. The monoisotopic (exact) mass is 325 g/mol. The van der Waals surface area contributed by atoms with Gasteiger partial charge in [-0.1, -0.05) is 13.8 Å². The van der Waals surface area contributed by atoms with Crippen LogP contribution < -0.4 is 5.32 Å². The number of ketones is 1. The van der Waals surface area contributed by atoms with Crippen LogP contribution >= 0.6 is 0 Å². The second kappa shape index (κ2) is 9.55. The van der Waals surface area contributed by atoms with Crippen LogP contribution in [0.2, 0.25) is 0 Å². The first-order valence-electron chi connectivity index (χ1n) is 7.23. The first-order chi connectivity index (χ1) is 10.9. The van der Waals surface area contributed by atoms with Gasteiger partial charge in [-0.15, -0.1) is 0 Å². The summed E-state index contributed by atoms with van der Waals surface area (Å²) in [5.41, 5.74) is 0.259. The number of rotatable bonds is 8. The van der Waals surface area contributed by atoms with Crippen molar-refractivity contribution in [1.29, 1.82) is 0 Å². The highest BCUT2D eigenvalue weighted by Crippen LogP contribution is 2.04. The fourth-order valence-electron chi connectivity index (χ4n) is 1.50. The van der Waals surface area contributed by atoms with Gasteiger partial charge in [0.1, 0.15) is 5.82 Å². The fourth-order valence-corrected chi connectivity index (χ4v) is 1.50. The summed E-state index contributed by atoms with van der Waals surface area (Å²) in [6, 6.07) is 4.94. The molecule has 0 unspecified atom stereocenters. The van der Waals surface area contributed by atoms with Crippen molar-refractivity contribution in [2.24, 2.45) is 5.92 Å². The summed E-state index contributed by atoms with van der Waals surface area (Å²) in [6.07, 6.45) is -0.679. The summed E-state index contributed by atoms with van der Waals surface area (Å²) in [4.78, 5) is 34.4. The molecule has 1 aromatic rings. The molecule has 1 rings (SSSR count). The van der Waals surface area contributed by atoms with Crippen molar-refractivity contribution >= 4 is 17.8 Å². The fraction of sp³-hybridized carbons (Fsp3) is 0.438. The number of ether oxygens (including phenoxy) is 2. The molecule has 7 heteroatoms. The van der Waals surface area contributed by atoms with Crippen LogP contribution in [0.1, 0.15) is 30.6 Å². The number of hydrogen-bond acceptors (Lipinski definition) is 5. The van der Waals surface area contributed by atoms with Gasteiger partial charge >= 0.3 is 12.1 Å². The lowest BCUT2D eigenvalue weighted by Crippen LogP contribution is -2.28. The minimum absolute atomic E-state index is 0.0561. The molecule has 0 aliphatic carbocycles. The number of carbonyl (C=O) groups is 3. The van der Waals surface area contributed by atoms with Crippen molar-refractivity contribution < 1.29 is 28.2 Å². The molecule has 0 radical (unpaired) electrons. The molecular formula is C16H20FNO5. The van der Waals surface area contributed by atoms with E-state index < -0.39 is 30.3 Å². The number of Topliss-reactive ketones (excluding diaryl/α,β-unsaturated/α-hetero) is 1. The van der Waals surface area contributed by atoms with E-state index in [4.69, 9.17) is 9.47 Å². The van der Waals surface area contributed by atoms with Crippen molar-refractivity contribution in [1.82, 2.24) is 5.32 Å². The van der Waals surface area contributed by atoms with E-state index in [-0.39, 0.29) is 24.4 Å². The Bertz CT molecular complexity index is 542. The number of amides is 1. The van der Waals surface area contributed by atoms with Crippen LogP contribution in [0.25, 0.3) is 0 Å². The number of esters is 1. The molecule has 1 amide bonds. The molecule has 1 aromatic carbocycles. The maximum Gasteiger partial charge on any atom is 0.407 e. The second-order valence-electron chi connectivity index (χ2n) is 5.26. The van der Waals surface area contributed by atoms with Crippen molar-refractivity contribution in [2.45, 2.75) is 20.3 Å². The summed E-state index contributed by atoms with van der Waals surface area (Å²) >= 11 is 0. The van der Waals surface area contributed by atoms with Crippen LogP contribution in [0, 0.1) is 11.7 Å². The third-order valence-corrected chi connectivity index (χ3v) is 2.68. The molecule has 23 heavy (non-hydrogen) atoms. The van der Waals surface area contributed by atoms with E-state index >= 15 is 0 Å². The van der Waals surface area contributed by atoms with Crippen LogP contribution in [-0.2, 0) is 14.3 Å².